The van der Waals surface area contributed by atoms with E-state index in [4.69, 9.17) is 9.47 Å². The standard InChI is InChI=1S/C22H25N3O4S2/c1-13-23-16-5-4-14(28-3)10-15(16)22(24-13)30-12-17(26)19-6-7-20(31-19)21(27)18-11-25(2)8-9-29-18/h4-7,10,18,21,27H,8-9,11-12H2,1-3H3/t18-,21+/m1/s1. The Hall–Kier alpha value is -2.04. The quantitative estimate of drug-likeness (QED) is 0.327. The van der Waals surface area contributed by atoms with Crippen LogP contribution in [0.15, 0.2) is 35.4 Å². The third-order valence-electron chi connectivity index (χ3n) is 5.16. The fraction of sp³-hybridized carbons (Fsp3) is 0.409. The van der Waals surface area contributed by atoms with Gasteiger partial charge in [-0.15, -0.1) is 11.3 Å². The lowest BCUT2D eigenvalue weighted by molar-refractivity contribution is -0.0833. The number of nitrogens with zero attached hydrogens (tertiary/aromatic N) is 3. The summed E-state index contributed by atoms with van der Waals surface area (Å²) in [6, 6.07) is 9.25. The van der Waals surface area contributed by atoms with Crippen molar-refractivity contribution in [3.63, 3.8) is 0 Å². The van der Waals surface area contributed by atoms with Crippen LogP contribution in [-0.2, 0) is 4.74 Å². The second-order valence-electron chi connectivity index (χ2n) is 7.49. The van der Waals surface area contributed by atoms with Crippen LogP contribution in [0.25, 0.3) is 10.9 Å². The van der Waals surface area contributed by atoms with Gasteiger partial charge in [0, 0.05) is 23.4 Å². The molecule has 0 bridgehead atoms. The van der Waals surface area contributed by atoms with Crippen molar-refractivity contribution in [1.82, 2.24) is 14.9 Å². The number of carbonyl (C=O) groups excluding carboxylic acids is 1. The Kier molecular flexibility index (Phi) is 6.88. The first-order valence-electron chi connectivity index (χ1n) is 10.0. The number of fused-ring (bicyclic) bond motifs is 1. The van der Waals surface area contributed by atoms with Crippen molar-refractivity contribution in [2.24, 2.45) is 0 Å². The van der Waals surface area contributed by atoms with Crippen LogP contribution in [0.4, 0.5) is 0 Å². The van der Waals surface area contributed by atoms with Crippen molar-refractivity contribution < 1.29 is 19.4 Å². The summed E-state index contributed by atoms with van der Waals surface area (Å²) in [5, 5.41) is 12.3. The number of likely N-dealkylation sites (N-methyl/N-ethyl adjacent to an activating group) is 1. The average Bonchev–Trinajstić information content (AvgIpc) is 3.26. The topological polar surface area (TPSA) is 84.8 Å². The van der Waals surface area contributed by atoms with Gasteiger partial charge in [-0.2, -0.15) is 0 Å². The smallest absolute Gasteiger partial charge is 0.183 e. The summed E-state index contributed by atoms with van der Waals surface area (Å²) in [6.45, 7) is 3.97. The Labute approximate surface area is 189 Å². The van der Waals surface area contributed by atoms with Crippen molar-refractivity contribution in [2.45, 2.75) is 24.2 Å². The van der Waals surface area contributed by atoms with Crippen molar-refractivity contribution in [2.75, 3.05) is 39.6 Å². The van der Waals surface area contributed by atoms with Crippen molar-refractivity contribution in [3.05, 3.63) is 45.9 Å². The molecule has 1 aliphatic heterocycles. The molecule has 1 fully saturated rings. The van der Waals surface area contributed by atoms with Gasteiger partial charge in [0.2, 0.25) is 0 Å². The molecule has 1 N–H and O–H groups in total. The van der Waals surface area contributed by atoms with Crippen LogP contribution in [0.1, 0.15) is 26.5 Å². The van der Waals surface area contributed by atoms with Gasteiger partial charge in [-0.1, -0.05) is 11.8 Å². The van der Waals surface area contributed by atoms with Gasteiger partial charge < -0.3 is 19.5 Å². The highest BCUT2D eigenvalue weighted by molar-refractivity contribution is 8.00. The van der Waals surface area contributed by atoms with E-state index in [-0.39, 0.29) is 17.6 Å². The lowest BCUT2D eigenvalue weighted by atomic mass is 10.1. The van der Waals surface area contributed by atoms with Crippen LogP contribution in [0.5, 0.6) is 5.75 Å². The number of aromatic nitrogens is 2. The minimum absolute atomic E-state index is 0.00226. The highest BCUT2D eigenvalue weighted by Crippen LogP contribution is 2.32. The Bertz CT molecular complexity index is 1090. The molecule has 0 radical (unpaired) electrons. The third kappa shape index (κ3) is 5.07. The molecule has 3 heterocycles. The molecular formula is C22H25N3O4S2. The minimum atomic E-state index is -0.733. The maximum absolute atomic E-state index is 12.8. The molecule has 0 spiro atoms. The molecule has 2 atom stereocenters. The molecule has 0 unspecified atom stereocenters. The van der Waals surface area contributed by atoms with Crippen LogP contribution in [0, 0.1) is 6.92 Å². The predicted molar refractivity (Wildman–Crippen MR) is 122 cm³/mol. The zero-order chi connectivity index (χ0) is 22.0. The van der Waals surface area contributed by atoms with Crippen LogP contribution in [0.2, 0.25) is 0 Å². The lowest BCUT2D eigenvalue weighted by Gasteiger charge is -2.32. The van der Waals surface area contributed by atoms with Gasteiger partial charge in [0.05, 0.1) is 29.9 Å². The first kappa shape index (κ1) is 22.2. The number of aliphatic hydroxyl groups is 1. The van der Waals surface area contributed by atoms with Crippen LogP contribution < -0.4 is 4.74 Å². The largest absolute Gasteiger partial charge is 0.497 e. The molecule has 1 aromatic carbocycles. The normalized spacial score (nSPS) is 18.3. The zero-order valence-electron chi connectivity index (χ0n) is 17.7. The van der Waals surface area contributed by atoms with Gasteiger partial charge in [-0.05, 0) is 44.3 Å². The van der Waals surface area contributed by atoms with Crippen LogP contribution >= 0.6 is 23.1 Å². The number of thiophene rings is 1. The third-order valence-corrected chi connectivity index (χ3v) is 7.35. The summed E-state index contributed by atoms with van der Waals surface area (Å²) >= 11 is 2.72. The lowest BCUT2D eigenvalue weighted by Crippen LogP contribution is -2.42. The molecule has 1 aliphatic rings. The van der Waals surface area contributed by atoms with Crippen molar-refractivity contribution in [3.8, 4) is 5.75 Å². The van der Waals surface area contributed by atoms with Gasteiger partial charge in [-0.3, -0.25) is 4.79 Å². The fourth-order valence-electron chi connectivity index (χ4n) is 3.48. The molecule has 164 valence electrons. The van der Waals surface area contributed by atoms with E-state index in [2.05, 4.69) is 14.9 Å². The number of benzene rings is 1. The van der Waals surface area contributed by atoms with Gasteiger partial charge in [0.1, 0.15) is 28.8 Å². The second kappa shape index (κ2) is 9.62. The highest BCUT2D eigenvalue weighted by Gasteiger charge is 2.28. The maximum atomic E-state index is 12.8. The minimum Gasteiger partial charge on any atom is -0.497 e. The molecule has 0 amide bonds. The maximum Gasteiger partial charge on any atom is 0.183 e. The molecule has 31 heavy (non-hydrogen) atoms. The Morgan fingerprint density at radius 3 is 3.00 bits per heavy atom. The Morgan fingerprint density at radius 2 is 2.23 bits per heavy atom. The molecule has 9 heteroatoms. The molecule has 7 nitrogen and oxygen atoms in total. The number of Topliss-reactive ketones (excluding diaryl/α,β-unsaturated/α-hetero) is 1. The molecule has 1 saturated heterocycles. The number of aliphatic hydroxyl groups excluding tert-OH is 1. The molecule has 2 aromatic heterocycles. The molecule has 0 aliphatic carbocycles. The van der Waals surface area contributed by atoms with Crippen molar-refractivity contribution >= 4 is 39.8 Å². The summed E-state index contributed by atoms with van der Waals surface area (Å²) in [7, 11) is 3.63. The van der Waals surface area contributed by atoms with E-state index >= 15 is 0 Å². The first-order valence-corrected chi connectivity index (χ1v) is 11.8. The number of aryl methyl sites for hydroxylation is 1. The predicted octanol–water partition coefficient (Wildman–Crippen LogP) is 3.35. The summed E-state index contributed by atoms with van der Waals surface area (Å²) in [5.41, 5.74) is 0.822. The SMILES string of the molecule is COc1ccc2nc(C)nc(SCC(=O)c3ccc([C@@H](O)[C@H]4CN(C)CCO4)s3)c2c1. The van der Waals surface area contributed by atoms with Gasteiger partial charge in [-0.25, -0.2) is 9.97 Å². The second-order valence-corrected chi connectivity index (χ2v) is 9.57. The van der Waals surface area contributed by atoms with Crippen molar-refractivity contribution in [1.29, 1.82) is 0 Å². The first-order chi connectivity index (χ1) is 14.9. The number of thioether (sulfide) groups is 1. The molecule has 3 aromatic rings. The summed E-state index contributed by atoms with van der Waals surface area (Å²) in [5.74, 6) is 1.64. The Balaban J connectivity index is 1.46. The molecule has 0 saturated carbocycles. The number of hydrogen-bond acceptors (Lipinski definition) is 9. The van der Waals surface area contributed by atoms with E-state index in [0.717, 1.165) is 33.1 Å². The number of ketones is 1. The number of methoxy groups -OCH3 is 1. The fourth-order valence-corrected chi connectivity index (χ4v) is 5.49. The molecular weight excluding hydrogens is 434 g/mol. The summed E-state index contributed by atoms with van der Waals surface area (Å²) in [6.07, 6.45) is -1.01. The monoisotopic (exact) mass is 459 g/mol. The van der Waals surface area contributed by atoms with E-state index in [1.54, 1.807) is 13.2 Å². The number of hydrogen-bond donors (Lipinski definition) is 1. The average molecular weight is 460 g/mol. The number of rotatable bonds is 7. The highest BCUT2D eigenvalue weighted by atomic mass is 32.2. The van der Waals surface area contributed by atoms with Gasteiger partial charge >= 0.3 is 0 Å². The van der Waals surface area contributed by atoms with E-state index < -0.39 is 6.10 Å². The number of morpholine rings is 1. The van der Waals surface area contributed by atoms with Crippen LogP contribution in [-0.4, -0.2) is 71.5 Å². The number of carbonyl (C=O) groups is 1. The van der Waals surface area contributed by atoms with Gasteiger partial charge in [0.15, 0.2) is 5.78 Å². The van der Waals surface area contributed by atoms with Gasteiger partial charge in [0.25, 0.3) is 0 Å². The molecule has 4 rings (SSSR count). The van der Waals surface area contributed by atoms with Crippen LogP contribution in [0.3, 0.4) is 0 Å². The summed E-state index contributed by atoms with van der Waals surface area (Å²) in [4.78, 5) is 25.3. The van der Waals surface area contributed by atoms with E-state index in [1.807, 2.05) is 38.2 Å². The number of ether oxygens (including phenoxy) is 2. The van der Waals surface area contributed by atoms with E-state index in [9.17, 15) is 9.90 Å². The summed E-state index contributed by atoms with van der Waals surface area (Å²) < 4.78 is 11.0. The van der Waals surface area contributed by atoms with E-state index in [0.29, 0.717) is 23.9 Å². The Morgan fingerprint density at radius 1 is 1.39 bits per heavy atom. The zero-order valence-corrected chi connectivity index (χ0v) is 19.3. The van der Waals surface area contributed by atoms with E-state index in [1.165, 1.54) is 23.1 Å².